The summed E-state index contributed by atoms with van der Waals surface area (Å²) in [7, 11) is 0. The van der Waals surface area contributed by atoms with Crippen molar-refractivity contribution in [3.63, 3.8) is 0 Å². The molecule has 0 saturated heterocycles. The number of halogens is 1. The first-order valence-corrected chi connectivity index (χ1v) is 9.16. The molecule has 0 fully saturated rings. The second kappa shape index (κ2) is 8.66. The van der Waals surface area contributed by atoms with E-state index in [1.807, 2.05) is 45.9 Å². The van der Waals surface area contributed by atoms with Crippen molar-refractivity contribution in [2.24, 2.45) is 4.99 Å². The van der Waals surface area contributed by atoms with Crippen molar-refractivity contribution >= 4 is 27.5 Å². The molecule has 3 aromatic rings. The van der Waals surface area contributed by atoms with Gasteiger partial charge in [-0.15, -0.1) is 0 Å². The third-order valence-electron chi connectivity index (χ3n) is 3.62. The Balaban J connectivity index is 1.54. The molecule has 0 aromatic carbocycles. The average Bonchev–Trinajstić information content (AvgIpc) is 3.25. The maximum Gasteiger partial charge on any atom is 0.191 e. The summed E-state index contributed by atoms with van der Waals surface area (Å²) in [6.45, 7) is 5.14. The van der Waals surface area contributed by atoms with E-state index in [1.165, 1.54) is 0 Å². The molecule has 132 valence electrons. The minimum atomic E-state index is 0.536. The van der Waals surface area contributed by atoms with Gasteiger partial charge in [0.05, 0.1) is 12.2 Å². The second-order valence-electron chi connectivity index (χ2n) is 5.59. The Morgan fingerprint density at radius 1 is 1.28 bits per heavy atom. The number of nitrogens with one attached hydrogen (secondary N) is 2. The van der Waals surface area contributed by atoms with Gasteiger partial charge in [0.2, 0.25) is 0 Å². The minimum Gasteiger partial charge on any atom is -0.357 e. The van der Waals surface area contributed by atoms with Crippen LogP contribution in [0.5, 0.6) is 0 Å². The molecule has 0 saturated carbocycles. The zero-order valence-electron chi connectivity index (χ0n) is 14.2. The molecule has 7 nitrogen and oxygen atoms in total. The van der Waals surface area contributed by atoms with Gasteiger partial charge in [-0.1, -0.05) is 0 Å². The Labute approximate surface area is 155 Å². The number of fused-ring (bicyclic) bond motifs is 1. The number of aryl methyl sites for hydroxylation is 1. The van der Waals surface area contributed by atoms with Crippen LogP contribution in [0.15, 0.2) is 52.5 Å². The third-order valence-corrected chi connectivity index (χ3v) is 4.09. The zero-order chi connectivity index (χ0) is 17.5. The van der Waals surface area contributed by atoms with Gasteiger partial charge in [-0.2, -0.15) is 5.10 Å². The van der Waals surface area contributed by atoms with Gasteiger partial charge in [-0.3, -0.25) is 4.68 Å². The highest BCUT2D eigenvalue weighted by atomic mass is 79.9. The van der Waals surface area contributed by atoms with Gasteiger partial charge >= 0.3 is 0 Å². The maximum absolute atomic E-state index is 4.62. The lowest BCUT2D eigenvalue weighted by Gasteiger charge is -2.10. The molecule has 3 rings (SSSR count). The van der Waals surface area contributed by atoms with Crippen LogP contribution in [0.2, 0.25) is 0 Å². The van der Waals surface area contributed by atoms with Crippen molar-refractivity contribution in [2.75, 3.05) is 13.1 Å². The van der Waals surface area contributed by atoms with Gasteiger partial charge in [-0.25, -0.2) is 9.98 Å². The lowest BCUT2D eigenvalue weighted by molar-refractivity contribution is 0.570. The first kappa shape index (κ1) is 17.5. The zero-order valence-corrected chi connectivity index (χ0v) is 15.8. The number of aliphatic imine (C=N–C) groups is 1. The molecule has 0 aliphatic rings. The summed E-state index contributed by atoms with van der Waals surface area (Å²) in [5.74, 6) is 0.807. The Morgan fingerprint density at radius 3 is 3.00 bits per heavy atom. The largest absolute Gasteiger partial charge is 0.357 e. The molecule has 2 N–H and O–H groups in total. The lowest BCUT2D eigenvalue weighted by atomic mass is 10.4. The summed E-state index contributed by atoms with van der Waals surface area (Å²) in [6, 6.07) is 5.91. The monoisotopic (exact) mass is 403 g/mol. The van der Waals surface area contributed by atoms with Gasteiger partial charge in [0.25, 0.3) is 0 Å². The number of aromatic nitrogens is 4. The first-order chi connectivity index (χ1) is 12.2. The van der Waals surface area contributed by atoms with E-state index >= 15 is 0 Å². The van der Waals surface area contributed by atoms with E-state index < -0.39 is 0 Å². The Hall–Kier alpha value is -2.35. The summed E-state index contributed by atoms with van der Waals surface area (Å²) in [4.78, 5) is 9.20. The number of guanidine groups is 1. The second-order valence-corrected chi connectivity index (χ2v) is 6.51. The van der Waals surface area contributed by atoms with Crippen LogP contribution in [-0.4, -0.2) is 38.2 Å². The van der Waals surface area contributed by atoms with Gasteiger partial charge < -0.3 is 15.0 Å². The SMILES string of the molecule is CCNC(=NCc1cn2cc(Br)ccc2n1)NCCCn1cccn1. The standard InChI is InChI=1S/C17H22BrN7/c1-2-19-17(20-7-3-9-25-10-4-8-22-25)21-11-15-13-24-12-14(18)5-6-16(24)23-15/h4-6,8,10,12-13H,2-3,7,9,11H2,1H3,(H2,19,20,21). The van der Waals surface area contributed by atoms with E-state index in [1.54, 1.807) is 6.20 Å². The van der Waals surface area contributed by atoms with Crippen LogP contribution in [0.25, 0.3) is 5.65 Å². The number of pyridine rings is 1. The van der Waals surface area contributed by atoms with Crippen LogP contribution < -0.4 is 10.6 Å². The summed E-state index contributed by atoms with van der Waals surface area (Å²) in [6.07, 6.45) is 8.75. The third kappa shape index (κ3) is 5.06. The van der Waals surface area contributed by atoms with Crippen LogP contribution in [0.4, 0.5) is 0 Å². The molecule has 0 unspecified atom stereocenters. The Bertz CT molecular complexity index is 823. The molecule has 0 spiro atoms. The average molecular weight is 404 g/mol. The van der Waals surface area contributed by atoms with Crippen LogP contribution >= 0.6 is 15.9 Å². The van der Waals surface area contributed by atoms with Gasteiger partial charge in [0.15, 0.2) is 5.96 Å². The predicted molar refractivity (Wildman–Crippen MR) is 103 cm³/mol. The molecule has 3 aromatic heterocycles. The van der Waals surface area contributed by atoms with Gasteiger partial charge in [0.1, 0.15) is 5.65 Å². The van der Waals surface area contributed by atoms with E-state index in [4.69, 9.17) is 0 Å². The van der Waals surface area contributed by atoms with E-state index in [2.05, 4.69) is 48.6 Å². The van der Waals surface area contributed by atoms with Crippen molar-refractivity contribution in [3.05, 3.63) is 53.2 Å². The molecule has 0 radical (unpaired) electrons. The maximum atomic E-state index is 4.62. The van der Waals surface area contributed by atoms with Crippen LogP contribution in [0.1, 0.15) is 19.0 Å². The number of nitrogens with zero attached hydrogens (tertiary/aromatic N) is 5. The minimum absolute atomic E-state index is 0.536. The summed E-state index contributed by atoms with van der Waals surface area (Å²) >= 11 is 3.47. The summed E-state index contributed by atoms with van der Waals surface area (Å²) in [5.41, 5.74) is 1.86. The molecule has 3 heterocycles. The molecule has 25 heavy (non-hydrogen) atoms. The van der Waals surface area contributed by atoms with E-state index in [0.717, 1.165) is 47.8 Å². The number of hydrogen-bond acceptors (Lipinski definition) is 3. The van der Waals surface area contributed by atoms with E-state index in [0.29, 0.717) is 6.54 Å². The smallest absolute Gasteiger partial charge is 0.191 e. The first-order valence-electron chi connectivity index (χ1n) is 8.37. The molecular weight excluding hydrogens is 382 g/mol. The molecule has 8 heteroatoms. The molecule has 0 aliphatic carbocycles. The number of imidazole rings is 1. The normalized spacial score (nSPS) is 11.8. The molecule has 0 bridgehead atoms. The van der Waals surface area contributed by atoms with Crippen molar-refractivity contribution in [1.29, 1.82) is 0 Å². The van der Waals surface area contributed by atoms with E-state index in [-0.39, 0.29) is 0 Å². The van der Waals surface area contributed by atoms with E-state index in [9.17, 15) is 0 Å². The lowest BCUT2D eigenvalue weighted by Crippen LogP contribution is -2.38. The molecule has 0 aliphatic heterocycles. The van der Waals surface area contributed by atoms with Crippen LogP contribution in [-0.2, 0) is 13.1 Å². The number of rotatable bonds is 7. The topological polar surface area (TPSA) is 71.5 Å². The van der Waals surface area contributed by atoms with Crippen LogP contribution in [0.3, 0.4) is 0 Å². The van der Waals surface area contributed by atoms with Gasteiger partial charge in [0, 0.05) is 48.9 Å². The number of hydrogen-bond donors (Lipinski definition) is 2. The summed E-state index contributed by atoms with van der Waals surface area (Å²) in [5, 5.41) is 10.8. The highest BCUT2D eigenvalue weighted by Crippen LogP contribution is 2.12. The fourth-order valence-corrected chi connectivity index (χ4v) is 2.83. The molecular formula is C17H22BrN7. The quantitative estimate of drug-likeness (QED) is 0.361. The van der Waals surface area contributed by atoms with Crippen LogP contribution in [0, 0.1) is 0 Å². The van der Waals surface area contributed by atoms with Crippen molar-refractivity contribution in [1.82, 2.24) is 29.8 Å². The van der Waals surface area contributed by atoms with Crippen molar-refractivity contribution in [2.45, 2.75) is 26.4 Å². The Kier molecular flexibility index (Phi) is 6.05. The van der Waals surface area contributed by atoms with Crippen molar-refractivity contribution in [3.8, 4) is 0 Å². The van der Waals surface area contributed by atoms with Gasteiger partial charge in [-0.05, 0) is 47.5 Å². The highest BCUT2D eigenvalue weighted by molar-refractivity contribution is 9.10. The molecule has 0 atom stereocenters. The fourth-order valence-electron chi connectivity index (χ4n) is 2.48. The van der Waals surface area contributed by atoms with Crippen molar-refractivity contribution < 1.29 is 0 Å². The predicted octanol–water partition coefficient (Wildman–Crippen LogP) is 2.44. The molecule has 0 amide bonds. The Morgan fingerprint density at radius 2 is 2.20 bits per heavy atom. The summed E-state index contributed by atoms with van der Waals surface area (Å²) < 4.78 is 4.96. The highest BCUT2D eigenvalue weighted by Gasteiger charge is 2.03. The fraction of sp³-hybridized carbons (Fsp3) is 0.353.